The molecular formula is C56H87NO16. The second-order valence-corrected chi connectivity index (χ2v) is 22.1. The summed E-state index contributed by atoms with van der Waals surface area (Å²) in [5.41, 5.74) is -0.367. The fourth-order valence-corrected chi connectivity index (χ4v) is 10.9. The van der Waals surface area contributed by atoms with Crippen molar-refractivity contribution in [1.82, 2.24) is 4.90 Å². The van der Waals surface area contributed by atoms with Crippen LogP contribution in [-0.4, -0.2) is 153 Å². The summed E-state index contributed by atoms with van der Waals surface area (Å²) >= 11 is 0. The highest BCUT2D eigenvalue weighted by atomic mass is 16.6. The molecule has 0 radical (unpaired) electrons. The minimum absolute atomic E-state index is 0.0282. The first kappa shape index (κ1) is 61.6. The molecule has 15 atom stereocenters. The number of rotatable bonds is 10. The summed E-state index contributed by atoms with van der Waals surface area (Å²) < 4.78 is 24.0. The van der Waals surface area contributed by atoms with Crippen LogP contribution in [0.4, 0.5) is 0 Å². The Hall–Kier alpha value is -3.94. The van der Waals surface area contributed by atoms with E-state index in [-0.39, 0.29) is 55.8 Å². The lowest BCUT2D eigenvalue weighted by molar-refractivity contribution is -0.265. The first-order chi connectivity index (χ1) is 34.5. The topological polar surface area (TPSA) is 264 Å². The predicted molar refractivity (Wildman–Crippen MR) is 271 cm³/mol. The number of carbonyl (C=O) groups excluding carboxylic acids is 6. The quantitative estimate of drug-likeness (QED) is 0.0965. The summed E-state index contributed by atoms with van der Waals surface area (Å²) in [4.78, 5) is 85.2. The number of cyclic esters (lactones) is 1. The molecule has 412 valence electrons. The lowest BCUT2D eigenvalue weighted by atomic mass is 9.75. The maximum absolute atomic E-state index is 14.5. The number of aliphatic hydroxyl groups is 6. The Kier molecular flexibility index (Phi) is 23.9. The van der Waals surface area contributed by atoms with Crippen molar-refractivity contribution < 1.29 is 78.4 Å². The summed E-state index contributed by atoms with van der Waals surface area (Å²) in [6.07, 6.45) is 10.9. The average Bonchev–Trinajstić information content (AvgIpc) is 3.37. The van der Waals surface area contributed by atoms with Gasteiger partial charge >= 0.3 is 11.9 Å². The van der Waals surface area contributed by atoms with Gasteiger partial charge in [-0.1, -0.05) is 71.1 Å². The Balaban J connectivity index is 1.69. The van der Waals surface area contributed by atoms with E-state index in [0.717, 1.165) is 10.5 Å². The highest BCUT2D eigenvalue weighted by Crippen LogP contribution is 2.39. The number of ketones is 3. The zero-order valence-corrected chi connectivity index (χ0v) is 44.8. The van der Waals surface area contributed by atoms with Crippen LogP contribution in [-0.2, 0) is 47.7 Å². The van der Waals surface area contributed by atoms with E-state index in [2.05, 4.69) is 0 Å². The van der Waals surface area contributed by atoms with Crippen molar-refractivity contribution in [3.8, 4) is 0 Å². The number of ether oxygens (including phenoxy) is 4. The van der Waals surface area contributed by atoms with Crippen molar-refractivity contribution in [3.63, 3.8) is 0 Å². The van der Waals surface area contributed by atoms with E-state index in [1.54, 1.807) is 40.9 Å². The van der Waals surface area contributed by atoms with Gasteiger partial charge in [0.25, 0.3) is 11.7 Å². The van der Waals surface area contributed by atoms with E-state index >= 15 is 0 Å². The van der Waals surface area contributed by atoms with Crippen LogP contribution in [0.1, 0.15) is 132 Å². The average molecular weight is 1030 g/mol. The molecule has 2 bridgehead atoms. The van der Waals surface area contributed by atoms with Crippen LogP contribution in [0, 0.1) is 52.8 Å². The number of piperidine rings is 1. The third kappa shape index (κ3) is 16.0. The van der Waals surface area contributed by atoms with Crippen LogP contribution in [0.3, 0.4) is 0 Å². The molecule has 17 heteroatoms. The van der Waals surface area contributed by atoms with Crippen LogP contribution in [0.15, 0.2) is 47.6 Å². The maximum atomic E-state index is 14.5. The zero-order chi connectivity index (χ0) is 54.4. The van der Waals surface area contributed by atoms with Crippen LogP contribution in [0.5, 0.6) is 0 Å². The minimum atomic E-state index is -2.48. The van der Waals surface area contributed by atoms with E-state index in [0.29, 0.717) is 63.4 Å². The zero-order valence-electron chi connectivity index (χ0n) is 44.8. The van der Waals surface area contributed by atoms with Gasteiger partial charge in [-0.05, 0) is 114 Å². The van der Waals surface area contributed by atoms with Crippen molar-refractivity contribution in [1.29, 1.82) is 0 Å². The number of amides is 1. The Morgan fingerprint density at radius 2 is 1.59 bits per heavy atom. The van der Waals surface area contributed by atoms with Crippen molar-refractivity contribution in [2.45, 2.75) is 175 Å². The first-order valence-corrected chi connectivity index (χ1v) is 26.6. The SMILES string of the molecule is CO[C@H]1C[C@@H]2CC[C@@H](C)[C@@](O)(O2)C(=O)C(=O)N2CCCC[C@H]2C(=O)O[C@H]([C@H](C)CC2CC[C@@H](OC(=O)C(C)(CO)CO)[C@H](CO)C2)CC(=O)[C@H](C)/C=C(\C)[C@@H](O)[C@@H](CO)C(=O)[C@H](C)C[C@H](C)/C=C/C=CC=C1C. The van der Waals surface area contributed by atoms with Crippen molar-refractivity contribution in [3.05, 3.63) is 47.6 Å². The van der Waals surface area contributed by atoms with Crippen molar-refractivity contribution in [2.24, 2.45) is 52.8 Å². The van der Waals surface area contributed by atoms with Gasteiger partial charge in [0.1, 0.15) is 35.2 Å². The number of fused-ring (bicyclic) bond motifs is 3. The van der Waals surface area contributed by atoms with Gasteiger partial charge in [0.05, 0.1) is 44.1 Å². The summed E-state index contributed by atoms with van der Waals surface area (Å²) in [6, 6.07) is -1.22. The molecule has 0 aromatic rings. The molecule has 0 aromatic carbocycles. The summed E-state index contributed by atoms with van der Waals surface area (Å²) in [5, 5.41) is 63.8. The lowest BCUT2D eigenvalue weighted by Crippen LogP contribution is -2.61. The molecule has 4 rings (SSSR count). The number of hydrogen-bond acceptors (Lipinski definition) is 16. The molecule has 2 saturated heterocycles. The second kappa shape index (κ2) is 28.3. The number of nitrogens with zero attached hydrogens (tertiary/aromatic N) is 1. The van der Waals surface area contributed by atoms with Gasteiger partial charge in [-0.3, -0.25) is 24.0 Å². The molecule has 1 amide bonds. The molecule has 3 aliphatic heterocycles. The molecule has 0 aromatic heterocycles. The smallest absolute Gasteiger partial charge is 0.329 e. The summed E-state index contributed by atoms with van der Waals surface area (Å²) in [5.74, 6) is -11.4. The van der Waals surface area contributed by atoms with Gasteiger partial charge in [0.2, 0.25) is 5.79 Å². The second-order valence-electron chi connectivity index (χ2n) is 22.1. The first-order valence-electron chi connectivity index (χ1n) is 26.6. The molecule has 17 nitrogen and oxygen atoms in total. The van der Waals surface area contributed by atoms with E-state index in [4.69, 9.17) is 18.9 Å². The van der Waals surface area contributed by atoms with Gasteiger partial charge in [0, 0.05) is 56.8 Å². The van der Waals surface area contributed by atoms with E-state index in [1.807, 2.05) is 51.2 Å². The number of allylic oxidation sites excluding steroid dienone is 6. The molecular weight excluding hydrogens is 943 g/mol. The van der Waals surface area contributed by atoms with E-state index in [1.165, 1.54) is 6.92 Å². The van der Waals surface area contributed by atoms with Crippen LogP contribution in [0.2, 0.25) is 0 Å². The van der Waals surface area contributed by atoms with E-state index < -0.39 is 127 Å². The molecule has 1 unspecified atom stereocenters. The van der Waals surface area contributed by atoms with Gasteiger partial charge in [-0.25, -0.2) is 4.79 Å². The number of esters is 2. The Labute approximate surface area is 432 Å². The molecule has 3 fully saturated rings. The molecule has 1 saturated carbocycles. The summed E-state index contributed by atoms with van der Waals surface area (Å²) in [6.45, 7) is 11.5. The Bertz CT molecular complexity index is 2010. The fraction of sp³-hybridized carbons (Fsp3) is 0.750. The van der Waals surface area contributed by atoms with E-state index in [9.17, 15) is 59.4 Å². The van der Waals surface area contributed by atoms with Crippen molar-refractivity contribution in [2.75, 3.05) is 40.1 Å². The van der Waals surface area contributed by atoms with Gasteiger partial charge in [-0.15, -0.1) is 0 Å². The molecule has 73 heavy (non-hydrogen) atoms. The molecule has 6 N–H and O–H groups in total. The molecule has 0 spiro atoms. The normalized spacial score (nSPS) is 36.3. The third-order valence-electron chi connectivity index (χ3n) is 16.1. The van der Waals surface area contributed by atoms with Crippen molar-refractivity contribution >= 4 is 35.2 Å². The number of Topliss-reactive ketones (excluding diaryl/α,β-unsaturated/α-hetero) is 3. The third-order valence-corrected chi connectivity index (χ3v) is 16.1. The molecule has 3 heterocycles. The highest BCUT2D eigenvalue weighted by Gasteiger charge is 2.53. The summed E-state index contributed by atoms with van der Waals surface area (Å²) in [7, 11) is 1.55. The molecule has 4 aliphatic rings. The number of aliphatic hydroxyl groups excluding tert-OH is 5. The standard InChI is InChI=1S/C56H87NO16/c1-33-15-11-10-12-16-34(2)47(70-9)27-42-20-18-39(7)56(69,73-42)51(65)52(66)57-22-14-13-17-44(57)53(67)71-48(28-45(62)35(3)24-38(6)50(64)43(30-59)49(63)37(5)23-33)36(4)25-40-19-21-46(41(26-40)29-58)72-54(68)55(8,31-60)32-61/h10-12,15-16,24,33,35-37,39-44,46-48,50,58-61,64,69H,13-14,17-23,25-32H2,1-9H3/b12-10?,15-11+,34-16?,38-24+/t33-,35-,36-,37-,39-,40?,41+,42+,43+,44+,46-,47+,48+,50-,56-/m1/s1. The van der Waals surface area contributed by atoms with Crippen LogP contribution < -0.4 is 0 Å². The van der Waals surface area contributed by atoms with Gasteiger partial charge < -0.3 is 54.5 Å². The number of carbonyl (C=O) groups is 6. The number of methoxy groups -OCH3 is 1. The fourth-order valence-electron chi connectivity index (χ4n) is 10.9. The predicted octanol–water partition coefficient (Wildman–Crippen LogP) is 4.91. The Morgan fingerprint density at radius 1 is 0.890 bits per heavy atom. The number of hydrogen-bond donors (Lipinski definition) is 6. The maximum Gasteiger partial charge on any atom is 0.329 e. The monoisotopic (exact) mass is 1030 g/mol. The van der Waals surface area contributed by atoms with Crippen LogP contribution >= 0.6 is 0 Å². The Morgan fingerprint density at radius 3 is 2.23 bits per heavy atom. The molecule has 1 aliphatic carbocycles. The lowest BCUT2D eigenvalue weighted by Gasteiger charge is -2.42. The van der Waals surface area contributed by atoms with Crippen LogP contribution in [0.25, 0.3) is 0 Å². The van der Waals surface area contributed by atoms with Gasteiger partial charge in [-0.2, -0.15) is 0 Å². The minimum Gasteiger partial charge on any atom is -0.461 e. The van der Waals surface area contributed by atoms with Gasteiger partial charge in [0.15, 0.2) is 0 Å². The largest absolute Gasteiger partial charge is 0.461 e. The highest BCUT2D eigenvalue weighted by molar-refractivity contribution is 6.39.